The van der Waals surface area contributed by atoms with Gasteiger partial charge in [0.2, 0.25) is 11.8 Å². The topological polar surface area (TPSA) is 86.8 Å². The number of sulfonamides is 1. The molecular formula is C29H33Cl2N3O4S. The number of hydrogen-bond donors (Lipinski definition) is 1. The van der Waals surface area contributed by atoms with Crippen LogP contribution in [0.15, 0.2) is 71.6 Å². The predicted molar refractivity (Wildman–Crippen MR) is 157 cm³/mol. The first-order valence-corrected chi connectivity index (χ1v) is 14.7. The molecule has 0 aliphatic rings. The first-order chi connectivity index (χ1) is 18.3. The number of amides is 2. The lowest BCUT2D eigenvalue weighted by atomic mass is 10.1. The summed E-state index contributed by atoms with van der Waals surface area (Å²) in [6.45, 7) is 8.54. The Bertz CT molecular complexity index is 1440. The summed E-state index contributed by atoms with van der Waals surface area (Å²) in [6, 6.07) is 16.9. The minimum atomic E-state index is -4.17. The lowest BCUT2D eigenvalue weighted by Gasteiger charge is -2.32. The number of hydrogen-bond acceptors (Lipinski definition) is 4. The summed E-state index contributed by atoms with van der Waals surface area (Å²) in [6.07, 6.45) is 0. The molecule has 0 radical (unpaired) electrons. The lowest BCUT2D eigenvalue weighted by molar-refractivity contribution is -0.139. The van der Waals surface area contributed by atoms with Crippen molar-refractivity contribution in [2.75, 3.05) is 10.8 Å². The van der Waals surface area contributed by atoms with Crippen LogP contribution in [-0.4, -0.2) is 43.8 Å². The normalized spacial score (nSPS) is 12.2. The molecule has 7 nitrogen and oxygen atoms in total. The Kier molecular flexibility index (Phi) is 10.0. The number of rotatable bonds is 10. The van der Waals surface area contributed by atoms with Crippen LogP contribution in [0.25, 0.3) is 0 Å². The maximum atomic E-state index is 13.9. The molecule has 0 aromatic heterocycles. The third-order valence-corrected chi connectivity index (χ3v) is 8.76. The smallest absolute Gasteiger partial charge is 0.264 e. The van der Waals surface area contributed by atoms with Crippen molar-refractivity contribution in [3.63, 3.8) is 0 Å². The average molecular weight is 591 g/mol. The van der Waals surface area contributed by atoms with Crippen LogP contribution >= 0.6 is 23.2 Å². The fourth-order valence-electron chi connectivity index (χ4n) is 3.94. The molecule has 0 unspecified atom stereocenters. The second kappa shape index (κ2) is 12.9. The summed E-state index contributed by atoms with van der Waals surface area (Å²) >= 11 is 12.4. The van der Waals surface area contributed by atoms with Crippen molar-refractivity contribution in [1.82, 2.24) is 10.2 Å². The van der Waals surface area contributed by atoms with E-state index in [0.717, 1.165) is 15.4 Å². The summed E-state index contributed by atoms with van der Waals surface area (Å²) in [5.41, 5.74) is 2.82. The van der Waals surface area contributed by atoms with Gasteiger partial charge in [-0.25, -0.2) is 8.42 Å². The first kappa shape index (κ1) is 30.5. The van der Waals surface area contributed by atoms with Crippen molar-refractivity contribution < 1.29 is 18.0 Å². The van der Waals surface area contributed by atoms with Crippen molar-refractivity contribution in [2.24, 2.45) is 0 Å². The molecule has 1 N–H and O–H groups in total. The Morgan fingerprint density at radius 3 is 2.13 bits per heavy atom. The van der Waals surface area contributed by atoms with Crippen molar-refractivity contribution in [2.45, 2.75) is 58.1 Å². The number of benzene rings is 3. The third-order valence-electron chi connectivity index (χ3n) is 6.36. The molecule has 0 saturated carbocycles. The fourth-order valence-corrected chi connectivity index (χ4v) is 5.67. The number of halogens is 2. The number of carbonyl (C=O) groups excluding carboxylic acids is 2. The molecule has 0 fully saturated rings. The maximum absolute atomic E-state index is 13.9. The fraction of sp³-hybridized carbons (Fsp3) is 0.310. The van der Waals surface area contributed by atoms with Crippen LogP contribution in [0.1, 0.15) is 37.5 Å². The van der Waals surface area contributed by atoms with Crippen LogP contribution < -0.4 is 9.62 Å². The molecule has 3 rings (SSSR count). The minimum Gasteiger partial charge on any atom is -0.352 e. The molecule has 208 valence electrons. The highest BCUT2D eigenvalue weighted by Gasteiger charge is 2.33. The molecule has 39 heavy (non-hydrogen) atoms. The molecule has 2 amide bonds. The molecule has 0 heterocycles. The summed E-state index contributed by atoms with van der Waals surface area (Å²) in [5.74, 6) is -0.916. The number of carbonyl (C=O) groups is 2. The number of nitrogens with zero attached hydrogens (tertiary/aromatic N) is 2. The number of nitrogens with one attached hydrogen (secondary N) is 1. The Morgan fingerprint density at radius 1 is 0.897 bits per heavy atom. The SMILES string of the molecule is Cc1ccc(N(CC(=O)N(Cc2ccccc2Cl)[C@@H](C)C(=O)NC(C)C)S(=O)(=O)c2ccc(Cl)cc2)cc1C. The van der Waals surface area contributed by atoms with E-state index in [1.807, 2.05) is 27.7 Å². The van der Waals surface area contributed by atoms with E-state index >= 15 is 0 Å². The Hall–Kier alpha value is -3.07. The van der Waals surface area contributed by atoms with E-state index in [9.17, 15) is 18.0 Å². The van der Waals surface area contributed by atoms with Gasteiger partial charge < -0.3 is 10.2 Å². The second-order valence-electron chi connectivity index (χ2n) is 9.69. The molecule has 10 heteroatoms. The highest BCUT2D eigenvalue weighted by atomic mass is 35.5. The van der Waals surface area contributed by atoms with E-state index in [-0.39, 0.29) is 23.4 Å². The largest absolute Gasteiger partial charge is 0.352 e. The predicted octanol–water partition coefficient (Wildman–Crippen LogP) is 5.75. The second-order valence-corrected chi connectivity index (χ2v) is 12.4. The summed E-state index contributed by atoms with van der Waals surface area (Å²) in [5, 5.41) is 3.65. The Balaban J connectivity index is 2.07. The highest BCUT2D eigenvalue weighted by molar-refractivity contribution is 7.92. The summed E-state index contributed by atoms with van der Waals surface area (Å²) in [4.78, 5) is 28.3. The number of anilines is 1. The van der Waals surface area contributed by atoms with Gasteiger partial charge in [-0.05, 0) is 93.8 Å². The molecule has 1 atom stereocenters. The van der Waals surface area contributed by atoms with E-state index in [4.69, 9.17) is 23.2 Å². The van der Waals surface area contributed by atoms with Crippen LogP contribution in [0.3, 0.4) is 0 Å². The molecule has 0 spiro atoms. The van der Waals surface area contributed by atoms with Crippen molar-refractivity contribution in [3.05, 3.63) is 93.5 Å². The van der Waals surface area contributed by atoms with Gasteiger partial charge in [0.25, 0.3) is 10.0 Å². The summed E-state index contributed by atoms with van der Waals surface area (Å²) in [7, 11) is -4.17. The molecular weight excluding hydrogens is 557 g/mol. The zero-order valence-electron chi connectivity index (χ0n) is 22.6. The molecule has 0 saturated heterocycles. The monoisotopic (exact) mass is 589 g/mol. The van der Waals surface area contributed by atoms with Gasteiger partial charge in [-0.2, -0.15) is 0 Å². The van der Waals surface area contributed by atoms with Gasteiger partial charge in [0.1, 0.15) is 12.6 Å². The van der Waals surface area contributed by atoms with Crippen LogP contribution in [-0.2, 0) is 26.2 Å². The molecule has 3 aromatic rings. The van der Waals surface area contributed by atoms with Gasteiger partial charge in [-0.1, -0.05) is 47.5 Å². The van der Waals surface area contributed by atoms with Gasteiger partial charge >= 0.3 is 0 Å². The van der Waals surface area contributed by atoms with Crippen molar-refractivity contribution >= 4 is 50.7 Å². The lowest BCUT2D eigenvalue weighted by Crippen LogP contribution is -2.52. The third kappa shape index (κ3) is 7.53. The van der Waals surface area contributed by atoms with E-state index in [2.05, 4.69) is 5.32 Å². The van der Waals surface area contributed by atoms with Crippen LogP contribution in [0.5, 0.6) is 0 Å². The van der Waals surface area contributed by atoms with Crippen LogP contribution in [0, 0.1) is 13.8 Å². The highest BCUT2D eigenvalue weighted by Crippen LogP contribution is 2.27. The zero-order valence-corrected chi connectivity index (χ0v) is 24.9. The molecule has 3 aromatic carbocycles. The standard InChI is InChI=1S/C29H33Cl2N3O4S/c1-19(2)32-29(36)22(5)33(17-23-8-6-7-9-27(23)31)28(35)18-34(25-13-10-20(3)21(4)16-25)39(37,38)26-14-11-24(30)12-15-26/h6-16,19,22H,17-18H2,1-5H3,(H,32,36)/t22-/m0/s1. The number of aryl methyl sites for hydroxylation is 2. The van der Waals surface area contributed by atoms with E-state index < -0.39 is 28.5 Å². The van der Waals surface area contributed by atoms with Gasteiger partial charge in [0.05, 0.1) is 10.6 Å². The van der Waals surface area contributed by atoms with Crippen molar-refractivity contribution in [3.8, 4) is 0 Å². The molecule has 0 aliphatic heterocycles. The maximum Gasteiger partial charge on any atom is 0.264 e. The molecule has 0 aliphatic carbocycles. The molecule has 0 bridgehead atoms. The van der Waals surface area contributed by atoms with Gasteiger partial charge in [-0.3, -0.25) is 13.9 Å². The summed E-state index contributed by atoms with van der Waals surface area (Å²) < 4.78 is 28.8. The van der Waals surface area contributed by atoms with Crippen LogP contribution in [0.2, 0.25) is 10.0 Å². The average Bonchev–Trinajstić information content (AvgIpc) is 2.87. The zero-order chi connectivity index (χ0) is 28.9. The van der Waals surface area contributed by atoms with Gasteiger partial charge in [0, 0.05) is 22.6 Å². The van der Waals surface area contributed by atoms with Gasteiger partial charge in [0.15, 0.2) is 0 Å². The minimum absolute atomic E-state index is 0.0128. The van der Waals surface area contributed by atoms with E-state index in [0.29, 0.717) is 21.3 Å². The quantitative estimate of drug-likeness (QED) is 0.326. The van der Waals surface area contributed by atoms with Crippen molar-refractivity contribution in [1.29, 1.82) is 0 Å². The Morgan fingerprint density at radius 2 is 1.54 bits per heavy atom. The first-order valence-electron chi connectivity index (χ1n) is 12.5. The van der Waals surface area contributed by atoms with E-state index in [1.165, 1.54) is 29.2 Å². The van der Waals surface area contributed by atoms with Crippen LogP contribution in [0.4, 0.5) is 5.69 Å². The van der Waals surface area contributed by atoms with Gasteiger partial charge in [-0.15, -0.1) is 0 Å². The Labute approximate surface area is 240 Å². The van der Waals surface area contributed by atoms with E-state index in [1.54, 1.807) is 49.4 Å².